The molecule has 8 heteroatoms. The van der Waals surface area contributed by atoms with Crippen LogP contribution in [0.15, 0.2) is 66.9 Å². The second kappa shape index (κ2) is 9.80. The molecular formula is C23H17N3O5. The van der Waals surface area contributed by atoms with E-state index in [0.717, 1.165) is 12.1 Å². The Morgan fingerprint density at radius 3 is 2.58 bits per heavy atom. The Morgan fingerprint density at radius 2 is 1.87 bits per heavy atom. The molecule has 0 saturated heterocycles. The summed E-state index contributed by atoms with van der Waals surface area (Å²) in [4.78, 5) is 39.3. The van der Waals surface area contributed by atoms with Gasteiger partial charge in [-0.15, -0.1) is 0 Å². The van der Waals surface area contributed by atoms with Crippen LogP contribution in [-0.4, -0.2) is 28.4 Å². The van der Waals surface area contributed by atoms with Crippen LogP contribution in [0.25, 0.3) is 0 Å². The van der Waals surface area contributed by atoms with Gasteiger partial charge in [0.25, 0.3) is 11.6 Å². The maximum Gasteiger partial charge on any atom is 0.338 e. The number of esters is 1. The van der Waals surface area contributed by atoms with Crippen molar-refractivity contribution < 1.29 is 19.2 Å². The van der Waals surface area contributed by atoms with Crippen LogP contribution in [0.5, 0.6) is 0 Å². The molecule has 0 unspecified atom stereocenters. The standard InChI is InChI=1S/C23H17N3O5/c1-2-31-23(28)18-13-17(14-21(15-18)26(29)30)22(27)25-20-8-5-6-16(12-20)9-10-19-7-3-4-11-24-19/h3-8,11-15H,2H2,1H3,(H,25,27). The van der Waals surface area contributed by atoms with Crippen molar-refractivity contribution in [2.45, 2.75) is 6.92 Å². The predicted molar refractivity (Wildman–Crippen MR) is 114 cm³/mol. The zero-order valence-electron chi connectivity index (χ0n) is 16.5. The molecule has 1 N–H and O–H groups in total. The molecule has 2 aromatic carbocycles. The molecule has 0 radical (unpaired) electrons. The highest BCUT2D eigenvalue weighted by Crippen LogP contribution is 2.20. The van der Waals surface area contributed by atoms with Crippen molar-refractivity contribution in [1.29, 1.82) is 0 Å². The largest absolute Gasteiger partial charge is 0.462 e. The van der Waals surface area contributed by atoms with Crippen molar-refractivity contribution in [2.75, 3.05) is 11.9 Å². The molecule has 1 aromatic heterocycles. The summed E-state index contributed by atoms with van der Waals surface area (Å²) >= 11 is 0. The summed E-state index contributed by atoms with van der Waals surface area (Å²) in [5.74, 6) is 4.54. The predicted octanol–water partition coefficient (Wildman–Crippen LogP) is 3.82. The molecule has 31 heavy (non-hydrogen) atoms. The van der Waals surface area contributed by atoms with Crippen molar-refractivity contribution in [3.8, 4) is 11.8 Å². The number of anilines is 1. The van der Waals surface area contributed by atoms with Crippen LogP contribution < -0.4 is 5.32 Å². The minimum absolute atomic E-state index is 0.0396. The van der Waals surface area contributed by atoms with Crippen molar-refractivity contribution in [1.82, 2.24) is 4.98 Å². The average molecular weight is 415 g/mol. The second-order valence-electron chi connectivity index (χ2n) is 6.25. The number of non-ortho nitro benzene ring substituents is 1. The Hall–Kier alpha value is -4.51. The molecule has 0 bridgehead atoms. The van der Waals surface area contributed by atoms with Gasteiger partial charge in [0.15, 0.2) is 0 Å². The molecule has 154 valence electrons. The molecule has 0 atom stereocenters. The van der Waals surface area contributed by atoms with Gasteiger partial charge in [-0.25, -0.2) is 9.78 Å². The zero-order chi connectivity index (χ0) is 22.2. The number of carbonyl (C=O) groups excluding carboxylic acids is 2. The summed E-state index contributed by atoms with van der Waals surface area (Å²) in [6.45, 7) is 1.72. The van der Waals surface area contributed by atoms with Gasteiger partial charge < -0.3 is 10.1 Å². The van der Waals surface area contributed by atoms with Crippen LogP contribution in [0.1, 0.15) is 38.9 Å². The molecule has 8 nitrogen and oxygen atoms in total. The number of nitrogens with one attached hydrogen (secondary N) is 1. The van der Waals surface area contributed by atoms with E-state index in [0.29, 0.717) is 16.9 Å². The molecule has 1 amide bonds. The number of nitro groups is 1. The summed E-state index contributed by atoms with van der Waals surface area (Å²) < 4.78 is 4.88. The number of hydrogen-bond donors (Lipinski definition) is 1. The Morgan fingerprint density at radius 1 is 1.06 bits per heavy atom. The first-order valence-electron chi connectivity index (χ1n) is 9.27. The van der Waals surface area contributed by atoms with Gasteiger partial charge in [-0.3, -0.25) is 14.9 Å². The number of aromatic nitrogens is 1. The number of carbonyl (C=O) groups is 2. The Labute approximate surface area is 178 Å². The van der Waals surface area contributed by atoms with Crippen molar-refractivity contribution in [3.63, 3.8) is 0 Å². The van der Waals surface area contributed by atoms with Crippen LogP contribution in [0, 0.1) is 22.0 Å². The third kappa shape index (κ3) is 5.74. The number of hydrogen-bond acceptors (Lipinski definition) is 6. The number of ether oxygens (including phenoxy) is 1. The first kappa shape index (κ1) is 21.2. The molecule has 0 fully saturated rings. The van der Waals surface area contributed by atoms with Gasteiger partial charge in [0.05, 0.1) is 17.1 Å². The van der Waals surface area contributed by atoms with E-state index in [2.05, 4.69) is 22.1 Å². The highest BCUT2D eigenvalue weighted by molar-refractivity contribution is 6.06. The Balaban J connectivity index is 1.84. The SMILES string of the molecule is CCOC(=O)c1cc(C(=O)Nc2cccc(C#Cc3ccccn3)c2)cc([N+](=O)[O-])c1. The molecular weight excluding hydrogens is 398 g/mol. The van der Waals surface area contributed by atoms with E-state index in [4.69, 9.17) is 4.74 Å². The molecule has 3 rings (SSSR count). The molecule has 0 aliphatic heterocycles. The van der Waals surface area contributed by atoms with E-state index < -0.39 is 16.8 Å². The lowest BCUT2D eigenvalue weighted by molar-refractivity contribution is -0.384. The van der Waals surface area contributed by atoms with E-state index in [9.17, 15) is 19.7 Å². The summed E-state index contributed by atoms with van der Waals surface area (Å²) in [5.41, 5.74) is 1.21. The third-order valence-electron chi connectivity index (χ3n) is 4.02. The molecule has 1 heterocycles. The Bertz CT molecular complexity index is 1200. The van der Waals surface area contributed by atoms with Gasteiger partial charge in [0.1, 0.15) is 5.69 Å². The summed E-state index contributed by atoms with van der Waals surface area (Å²) in [6.07, 6.45) is 1.64. The van der Waals surface area contributed by atoms with E-state index >= 15 is 0 Å². The van der Waals surface area contributed by atoms with Crippen molar-refractivity contribution in [2.24, 2.45) is 0 Å². The fourth-order valence-electron chi connectivity index (χ4n) is 2.63. The number of nitrogens with zero attached hydrogens (tertiary/aromatic N) is 2. The monoisotopic (exact) mass is 415 g/mol. The molecule has 0 saturated carbocycles. The first-order valence-corrected chi connectivity index (χ1v) is 9.27. The van der Waals surface area contributed by atoms with Gasteiger partial charge in [-0.1, -0.05) is 18.1 Å². The topological polar surface area (TPSA) is 111 Å². The van der Waals surface area contributed by atoms with Gasteiger partial charge >= 0.3 is 5.97 Å². The normalized spacial score (nSPS) is 9.84. The van der Waals surface area contributed by atoms with Crippen LogP contribution in [0.3, 0.4) is 0 Å². The van der Waals surface area contributed by atoms with E-state index in [-0.39, 0.29) is 23.4 Å². The fourth-order valence-corrected chi connectivity index (χ4v) is 2.63. The van der Waals surface area contributed by atoms with Crippen LogP contribution in [0.2, 0.25) is 0 Å². The van der Waals surface area contributed by atoms with Gasteiger partial charge in [-0.05, 0) is 49.2 Å². The van der Waals surface area contributed by atoms with Crippen LogP contribution in [0.4, 0.5) is 11.4 Å². The van der Waals surface area contributed by atoms with Crippen LogP contribution in [-0.2, 0) is 4.74 Å². The highest BCUT2D eigenvalue weighted by atomic mass is 16.6. The zero-order valence-corrected chi connectivity index (χ0v) is 16.5. The van der Waals surface area contributed by atoms with Gasteiger partial charge in [0, 0.05) is 35.1 Å². The van der Waals surface area contributed by atoms with E-state index in [1.807, 2.05) is 6.07 Å². The smallest absolute Gasteiger partial charge is 0.338 e. The first-order chi connectivity index (χ1) is 15.0. The number of pyridine rings is 1. The average Bonchev–Trinajstić information content (AvgIpc) is 2.78. The maximum absolute atomic E-state index is 12.7. The second-order valence-corrected chi connectivity index (χ2v) is 6.25. The molecule has 3 aromatic rings. The fraction of sp³-hybridized carbons (Fsp3) is 0.0870. The van der Waals surface area contributed by atoms with Gasteiger partial charge in [-0.2, -0.15) is 0 Å². The summed E-state index contributed by atoms with van der Waals surface area (Å²) in [7, 11) is 0. The number of amides is 1. The maximum atomic E-state index is 12.7. The number of rotatable bonds is 5. The summed E-state index contributed by atoms with van der Waals surface area (Å²) in [5, 5.41) is 13.9. The van der Waals surface area contributed by atoms with Crippen LogP contribution >= 0.6 is 0 Å². The molecule has 0 spiro atoms. The van der Waals surface area contributed by atoms with Crippen molar-refractivity contribution in [3.05, 3.63) is 99.4 Å². The number of nitro benzene ring substituents is 1. The molecule has 0 aliphatic carbocycles. The quantitative estimate of drug-likeness (QED) is 0.293. The van der Waals surface area contributed by atoms with E-state index in [1.54, 1.807) is 49.5 Å². The minimum Gasteiger partial charge on any atom is -0.462 e. The van der Waals surface area contributed by atoms with Crippen molar-refractivity contribution >= 4 is 23.3 Å². The van der Waals surface area contributed by atoms with Gasteiger partial charge in [0.2, 0.25) is 0 Å². The number of benzene rings is 2. The molecule has 0 aliphatic rings. The lowest BCUT2D eigenvalue weighted by Gasteiger charge is -2.08. The third-order valence-corrected chi connectivity index (χ3v) is 4.02. The Kier molecular flexibility index (Phi) is 6.71. The lowest BCUT2D eigenvalue weighted by Crippen LogP contribution is -2.14. The lowest BCUT2D eigenvalue weighted by atomic mass is 10.1. The minimum atomic E-state index is -0.743. The summed E-state index contributed by atoms with van der Waals surface area (Å²) in [6, 6.07) is 15.6. The van der Waals surface area contributed by atoms with E-state index in [1.165, 1.54) is 6.07 Å². The highest BCUT2D eigenvalue weighted by Gasteiger charge is 2.19.